The number of fused-ring (bicyclic) bond motifs is 1. The molecule has 6 heteroatoms. The van der Waals surface area contributed by atoms with Gasteiger partial charge in [-0.25, -0.2) is 0 Å². The van der Waals surface area contributed by atoms with Crippen LogP contribution < -0.4 is 11.5 Å². The first kappa shape index (κ1) is 18.2. The number of rotatable bonds is 5. The summed E-state index contributed by atoms with van der Waals surface area (Å²) in [6.45, 7) is 4.07. The Kier molecular flexibility index (Phi) is 7.04. The molecule has 2 atom stereocenters. The Hall–Kier alpha value is -1.89. The number of para-hydroxylation sites is 1. The summed E-state index contributed by atoms with van der Waals surface area (Å²) in [6, 6.07) is 6.87. The zero-order chi connectivity index (χ0) is 16.7. The van der Waals surface area contributed by atoms with E-state index in [9.17, 15) is 4.79 Å². The van der Waals surface area contributed by atoms with Gasteiger partial charge < -0.3 is 26.7 Å². The van der Waals surface area contributed by atoms with Crippen molar-refractivity contribution in [3.63, 3.8) is 0 Å². The number of benzene rings is 1. The van der Waals surface area contributed by atoms with Crippen molar-refractivity contribution in [1.82, 2.24) is 4.98 Å². The van der Waals surface area contributed by atoms with Gasteiger partial charge in [-0.1, -0.05) is 32.0 Å². The van der Waals surface area contributed by atoms with E-state index in [4.69, 9.17) is 21.7 Å². The maximum absolute atomic E-state index is 10.6. The summed E-state index contributed by atoms with van der Waals surface area (Å²) in [7, 11) is 0. The van der Waals surface area contributed by atoms with Gasteiger partial charge in [-0.05, 0) is 17.5 Å². The normalized spacial score (nSPS) is 13.5. The Bertz CT molecular complexity index is 595. The van der Waals surface area contributed by atoms with Crippen LogP contribution in [0.4, 0.5) is 0 Å². The van der Waals surface area contributed by atoms with Crippen molar-refractivity contribution < 1.29 is 15.0 Å². The molecule has 0 radical (unpaired) electrons. The van der Waals surface area contributed by atoms with Crippen LogP contribution in [0.25, 0.3) is 10.9 Å². The second kappa shape index (κ2) is 8.53. The third kappa shape index (κ3) is 5.14. The van der Waals surface area contributed by atoms with Crippen LogP contribution >= 0.6 is 0 Å². The number of hydrogen-bond donors (Lipinski definition) is 5. The molecule has 0 unspecified atom stereocenters. The van der Waals surface area contributed by atoms with Crippen LogP contribution in [-0.4, -0.2) is 39.9 Å². The number of carbonyl (C=O) groups is 1. The lowest BCUT2D eigenvalue weighted by Gasteiger charge is -2.10. The van der Waals surface area contributed by atoms with Crippen LogP contribution in [0.1, 0.15) is 19.4 Å². The number of aromatic nitrogens is 1. The van der Waals surface area contributed by atoms with Crippen molar-refractivity contribution >= 4 is 16.9 Å². The van der Waals surface area contributed by atoms with Crippen molar-refractivity contribution in [2.45, 2.75) is 32.4 Å². The third-order valence-corrected chi connectivity index (χ3v) is 3.50. The molecule has 0 aliphatic carbocycles. The quantitative estimate of drug-likeness (QED) is 0.565. The van der Waals surface area contributed by atoms with E-state index in [0.717, 1.165) is 16.5 Å². The number of nitrogens with one attached hydrogen (secondary N) is 1. The molecule has 122 valence electrons. The predicted octanol–water partition coefficient (Wildman–Crippen LogP) is 1.08. The Labute approximate surface area is 130 Å². The van der Waals surface area contributed by atoms with Crippen LogP contribution in [-0.2, 0) is 11.2 Å². The molecular weight excluding hydrogens is 282 g/mol. The lowest BCUT2D eigenvalue weighted by Crippen LogP contribution is -2.32. The van der Waals surface area contributed by atoms with Crippen LogP contribution in [0.3, 0.4) is 0 Å². The number of carboxylic acid groups (broad SMARTS) is 1. The molecule has 2 rings (SSSR count). The highest BCUT2D eigenvalue weighted by atomic mass is 16.4. The average molecular weight is 307 g/mol. The molecule has 0 bridgehead atoms. The molecule has 0 aliphatic heterocycles. The highest BCUT2D eigenvalue weighted by Crippen LogP contribution is 2.18. The molecule has 0 spiro atoms. The van der Waals surface area contributed by atoms with Crippen molar-refractivity contribution in [3.8, 4) is 0 Å². The molecule has 0 amide bonds. The van der Waals surface area contributed by atoms with E-state index < -0.39 is 12.0 Å². The summed E-state index contributed by atoms with van der Waals surface area (Å²) in [4.78, 5) is 13.7. The van der Waals surface area contributed by atoms with Gasteiger partial charge in [0.2, 0.25) is 0 Å². The summed E-state index contributed by atoms with van der Waals surface area (Å²) in [6.07, 6.45) is 2.16. The number of aliphatic hydroxyl groups excluding tert-OH is 1. The second-order valence-electron chi connectivity index (χ2n) is 5.60. The smallest absolute Gasteiger partial charge is 0.320 e. The van der Waals surface area contributed by atoms with E-state index in [1.807, 2.05) is 44.3 Å². The van der Waals surface area contributed by atoms with Gasteiger partial charge in [0.15, 0.2) is 0 Å². The van der Waals surface area contributed by atoms with Gasteiger partial charge in [-0.2, -0.15) is 0 Å². The predicted molar refractivity (Wildman–Crippen MR) is 87.5 cm³/mol. The zero-order valence-corrected chi connectivity index (χ0v) is 13.0. The molecule has 0 saturated carbocycles. The standard InChI is InChI=1S/C11H12N2O2.C5H13NO/c12-9(11(14)15)5-7-6-13-10-4-2-1-3-8(7)10;1-4(2)5(6)3-7/h1-4,6,9,13H,5,12H2,(H,14,15);4-5,7H,3,6H2,1-2H3/t9-;5-/m01/s1. The van der Waals surface area contributed by atoms with Crippen molar-refractivity contribution in [3.05, 3.63) is 36.0 Å². The van der Waals surface area contributed by atoms with Crippen molar-refractivity contribution in [2.24, 2.45) is 17.4 Å². The molecule has 0 fully saturated rings. The van der Waals surface area contributed by atoms with Crippen molar-refractivity contribution in [2.75, 3.05) is 6.61 Å². The lowest BCUT2D eigenvalue weighted by molar-refractivity contribution is -0.138. The molecule has 22 heavy (non-hydrogen) atoms. The minimum Gasteiger partial charge on any atom is -0.480 e. The maximum Gasteiger partial charge on any atom is 0.320 e. The van der Waals surface area contributed by atoms with Crippen molar-refractivity contribution in [1.29, 1.82) is 0 Å². The molecule has 1 aromatic heterocycles. The maximum atomic E-state index is 10.6. The van der Waals surface area contributed by atoms with E-state index in [-0.39, 0.29) is 12.6 Å². The summed E-state index contributed by atoms with van der Waals surface area (Å²) in [5, 5.41) is 18.1. The largest absolute Gasteiger partial charge is 0.480 e. The first-order chi connectivity index (χ1) is 10.4. The topological polar surface area (TPSA) is 125 Å². The van der Waals surface area contributed by atoms with E-state index in [2.05, 4.69) is 4.98 Å². The molecule has 1 heterocycles. The van der Waals surface area contributed by atoms with E-state index in [0.29, 0.717) is 12.3 Å². The van der Waals surface area contributed by atoms with Gasteiger partial charge in [0.05, 0.1) is 6.61 Å². The first-order valence-corrected chi connectivity index (χ1v) is 7.26. The van der Waals surface area contributed by atoms with E-state index in [1.54, 1.807) is 0 Å². The molecule has 1 aromatic carbocycles. The van der Waals surface area contributed by atoms with Crippen LogP contribution in [0.15, 0.2) is 30.5 Å². The molecular formula is C16H25N3O3. The molecule has 0 aliphatic rings. The number of H-pyrrole nitrogens is 1. The monoisotopic (exact) mass is 307 g/mol. The summed E-state index contributed by atoms with van der Waals surface area (Å²) in [5.41, 5.74) is 12.8. The first-order valence-electron chi connectivity index (χ1n) is 7.26. The Morgan fingerprint density at radius 3 is 2.41 bits per heavy atom. The van der Waals surface area contributed by atoms with E-state index >= 15 is 0 Å². The second-order valence-corrected chi connectivity index (χ2v) is 5.60. The molecule has 7 N–H and O–H groups in total. The number of aliphatic hydroxyl groups is 1. The Morgan fingerprint density at radius 1 is 1.27 bits per heavy atom. The summed E-state index contributed by atoms with van der Waals surface area (Å²) in [5.74, 6) is -0.578. The number of aromatic amines is 1. The minimum atomic E-state index is -0.972. The fourth-order valence-corrected chi connectivity index (χ4v) is 1.84. The zero-order valence-electron chi connectivity index (χ0n) is 13.0. The van der Waals surface area contributed by atoms with Crippen LogP contribution in [0.2, 0.25) is 0 Å². The highest BCUT2D eigenvalue weighted by Gasteiger charge is 2.14. The summed E-state index contributed by atoms with van der Waals surface area (Å²) >= 11 is 0. The van der Waals surface area contributed by atoms with Gasteiger partial charge in [-0.15, -0.1) is 0 Å². The Morgan fingerprint density at radius 2 is 1.91 bits per heavy atom. The highest BCUT2D eigenvalue weighted by molar-refractivity contribution is 5.84. The van der Waals surface area contributed by atoms with Gasteiger partial charge in [0, 0.05) is 29.6 Å². The molecule has 2 aromatic rings. The lowest BCUT2D eigenvalue weighted by atomic mass is 10.1. The van der Waals surface area contributed by atoms with Gasteiger partial charge in [0.25, 0.3) is 0 Å². The Balaban J connectivity index is 0.000000295. The average Bonchev–Trinajstić information content (AvgIpc) is 2.90. The van der Waals surface area contributed by atoms with Gasteiger partial charge >= 0.3 is 5.97 Å². The van der Waals surface area contributed by atoms with Crippen LogP contribution in [0.5, 0.6) is 0 Å². The fourth-order valence-electron chi connectivity index (χ4n) is 1.84. The minimum absolute atomic E-state index is 0.0417. The SMILES string of the molecule is CC(C)[C@H](N)CO.N[C@@H](Cc1c[nH]c2ccccc12)C(=O)O. The van der Waals surface area contributed by atoms with E-state index in [1.165, 1.54) is 0 Å². The van der Waals surface area contributed by atoms with Crippen LogP contribution in [0, 0.1) is 5.92 Å². The number of nitrogens with two attached hydrogens (primary N) is 2. The third-order valence-electron chi connectivity index (χ3n) is 3.50. The molecule has 0 saturated heterocycles. The van der Waals surface area contributed by atoms with Gasteiger partial charge in [0.1, 0.15) is 6.04 Å². The number of hydrogen-bond acceptors (Lipinski definition) is 4. The molecule has 6 nitrogen and oxygen atoms in total. The summed E-state index contributed by atoms with van der Waals surface area (Å²) < 4.78 is 0. The van der Waals surface area contributed by atoms with Gasteiger partial charge in [-0.3, -0.25) is 4.79 Å². The number of carboxylic acids is 1. The fraction of sp³-hybridized carbons (Fsp3) is 0.438. The number of aliphatic carboxylic acids is 1.